The number of carbonyl (C=O) groups excluding carboxylic acids is 1. The second-order valence-corrected chi connectivity index (χ2v) is 4.63. The van der Waals surface area contributed by atoms with Crippen molar-refractivity contribution in [2.75, 3.05) is 11.5 Å². The lowest BCUT2D eigenvalue weighted by molar-refractivity contribution is -0.141. The average molecular weight is 217 g/mol. The minimum atomic E-state index is -0.984. The Morgan fingerprint density at radius 1 is 1.57 bits per heavy atom. The fraction of sp³-hybridized carbons (Fsp3) is 0.778. The summed E-state index contributed by atoms with van der Waals surface area (Å²) in [5.41, 5.74) is 0. The second kappa shape index (κ2) is 5.24. The van der Waals surface area contributed by atoms with Crippen molar-refractivity contribution in [2.45, 2.75) is 25.8 Å². The van der Waals surface area contributed by atoms with Gasteiger partial charge in [-0.25, -0.2) is 0 Å². The number of thioether (sulfide) groups is 1. The molecule has 0 aliphatic carbocycles. The molecule has 0 bridgehead atoms. The van der Waals surface area contributed by atoms with Gasteiger partial charge in [0.1, 0.15) is 6.04 Å². The SMILES string of the molecule is C[C@H](NC(=O)C1CCCSC1)C(=O)O. The second-order valence-electron chi connectivity index (χ2n) is 3.48. The molecule has 5 heteroatoms. The molecule has 0 spiro atoms. The molecule has 1 unspecified atom stereocenters. The summed E-state index contributed by atoms with van der Waals surface area (Å²) in [7, 11) is 0. The highest BCUT2D eigenvalue weighted by Gasteiger charge is 2.24. The van der Waals surface area contributed by atoms with Crippen molar-refractivity contribution in [3.63, 3.8) is 0 Å². The summed E-state index contributed by atoms with van der Waals surface area (Å²) in [6.07, 6.45) is 1.93. The van der Waals surface area contributed by atoms with E-state index in [9.17, 15) is 9.59 Å². The summed E-state index contributed by atoms with van der Waals surface area (Å²) in [6.45, 7) is 1.48. The van der Waals surface area contributed by atoms with Crippen molar-refractivity contribution in [3.05, 3.63) is 0 Å². The Morgan fingerprint density at radius 3 is 2.79 bits per heavy atom. The van der Waals surface area contributed by atoms with Crippen molar-refractivity contribution < 1.29 is 14.7 Å². The predicted molar refractivity (Wildman–Crippen MR) is 55.3 cm³/mol. The molecule has 1 aliphatic rings. The normalized spacial score (nSPS) is 23.9. The van der Waals surface area contributed by atoms with Crippen molar-refractivity contribution in [1.82, 2.24) is 5.32 Å². The third-order valence-corrected chi connectivity index (χ3v) is 3.48. The third kappa shape index (κ3) is 3.21. The van der Waals surface area contributed by atoms with Gasteiger partial charge in [-0.2, -0.15) is 11.8 Å². The Morgan fingerprint density at radius 2 is 2.29 bits per heavy atom. The van der Waals surface area contributed by atoms with Gasteiger partial charge in [-0.05, 0) is 25.5 Å². The molecular formula is C9H15NO3S. The molecule has 0 saturated carbocycles. The lowest BCUT2D eigenvalue weighted by Crippen LogP contribution is -2.42. The smallest absolute Gasteiger partial charge is 0.325 e. The van der Waals surface area contributed by atoms with Crippen LogP contribution in [0.25, 0.3) is 0 Å². The van der Waals surface area contributed by atoms with E-state index in [1.165, 1.54) is 6.92 Å². The van der Waals surface area contributed by atoms with Crippen LogP contribution >= 0.6 is 11.8 Å². The number of amides is 1. The van der Waals surface area contributed by atoms with Crippen LogP contribution in [-0.2, 0) is 9.59 Å². The summed E-state index contributed by atoms with van der Waals surface area (Å²) in [6, 6.07) is -0.783. The lowest BCUT2D eigenvalue weighted by Gasteiger charge is -2.21. The third-order valence-electron chi connectivity index (χ3n) is 2.26. The van der Waals surface area contributed by atoms with E-state index in [0.717, 1.165) is 24.3 Å². The number of carbonyl (C=O) groups is 2. The number of carboxylic acid groups (broad SMARTS) is 1. The zero-order valence-corrected chi connectivity index (χ0v) is 8.97. The number of carboxylic acids is 1. The highest BCUT2D eigenvalue weighted by atomic mass is 32.2. The first-order valence-corrected chi connectivity index (χ1v) is 5.87. The standard InChI is InChI=1S/C9H15NO3S/c1-6(9(12)13)10-8(11)7-3-2-4-14-5-7/h6-7H,2-5H2,1H3,(H,10,11)(H,12,13)/t6-,7?/m0/s1. The van der Waals surface area contributed by atoms with Gasteiger partial charge >= 0.3 is 5.97 Å². The van der Waals surface area contributed by atoms with Gasteiger partial charge in [0, 0.05) is 11.7 Å². The fourth-order valence-electron chi connectivity index (χ4n) is 1.34. The van der Waals surface area contributed by atoms with Crippen LogP contribution in [0.4, 0.5) is 0 Å². The molecule has 4 nitrogen and oxygen atoms in total. The van der Waals surface area contributed by atoms with E-state index in [4.69, 9.17) is 5.11 Å². The van der Waals surface area contributed by atoms with Crippen LogP contribution < -0.4 is 5.32 Å². The zero-order valence-electron chi connectivity index (χ0n) is 8.16. The number of rotatable bonds is 3. The van der Waals surface area contributed by atoms with Crippen LogP contribution in [0.2, 0.25) is 0 Å². The minimum absolute atomic E-state index is 0.00412. The number of hydrogen-bond donors (Lipinski definition) is 2. The molecule has 14 heavy (non-hydrogen) atoms. The van der Waals surface area contributed by atoms with E-state index in [-0.39, 0.29) is 11.8 Å². The molecule has 2 atom stereocenters. The number of hydrogen-bond acceptors (Lipinski definition) is 3. The van der Waals surface area contributed by atoms with Crippen molar-refractivity contribution in [1.29, 1.82) is 0 Å². The van der Waals surface area contributed by atoms with Gasteiger partial charge in [0.2, 0.25) is 5.91 Å². The summed E-state index contributed by atoms with van der Waals surface area (Å²) < 4.78 is 0. The van der Waals surface area contributed by atoms with Crippen molar-refractivity contribution >= 4 is 23.6 Å². The molecule has 1 heterocycles. The van der Waals surface area contributed by atoms with Gasteiger partial charge in [0.25, 0.3) is 0 Å². The van der Waals surface area contributed by atoms with Gasteiger partial charge < -0.3 is 10.4 Å². The molecule has 1 rings (SSSR count). The summed E-state index contributed by atoms with van der Waals surface area (Å²) >= 11 is 1.76. The zero-order chi connectivity index (χ0) is 10.6. The molecule has 0 aromatic heterocycles. The summed E-state index contributed by atoms with van der Waals surface area (Å²) in [4.78, 5) is 22.0. The molecule has 0 aromatic carbocycles. The molecule has 2 N–H and O–H groups in total. The van der Waals surface area contributed by atoms with Crippen LogP contribution in [0.1, 0.15) is 19.8 Å². The quantitative estimate of drug-likeness (QED) is 0.731. The maximum absolute atomic E-state index is 11.5. The van der Waals surface area contributed by atoms with E-state index >= 15 is 0 Å². The van der Waals surface area contributed by atoms with Gasteiger partial charge in [-0.15, -0.1) is 0 Å². The molecular weight excluding hydrogens is 202 g/mol. The van der Waals surface area contributed by atoms with E-state index in [1.807, 2.05) is 0 Å². The monoisotopic (exact) mass is 217 g/mol. The van der Waals surface area contributed by atoms with Gasteiger partial charge in [0.05, 0.1) is 0 Å². The van der Waals surface area contributed by atoms with Crippen LogP contribution in [-0.4, -0.2) is 34.5 Å². The van der Waals surface area contributed by atoms with Gasteiger partial charge in [0.15, 0.2) is 0 Å². The highest BCUT2D eigenvalue weighted by Crippen LogP contribution is 2.22. The van der Waals surface area contributed by atoms with E-state index in [0.29, 0.717) is 0 Å². The van der Waals surface area contributed by atoms with Crippen LogP contribution in [0.15, 0.2) is 0 Å². The highest BCUT2D eigenvalue weighted by molar-refractivity contribution is 7.99. The average Bonchev–Trinajstić information content (AvgIpc) is 2.19. The van der Waals surface area contributed by atoms with Crippen LogP contribution in [0, 0.1) is 5.92 Å². The Hall–Kier alpha value is -0.710. The maximum Gasteiger partial charge on any atom is 0.325 e. The molecule has 1 saturated heterocycles. The molecule has 1 aliphatic heterocycles. The van der Waals surface area contributed by atoms with E-state index < -0.39 is 12.0 Å². The topological polar surface area (TPSA) is 66.4 Å². The molecule has 1 amide bonds. The molecule has 0 radical (unpaired) electrons. The van der Waals surface area contributed by atoms with E-state index in [2.05, 4.69) is 5.32 Å². The summed E-state index contributed by atoms with van der Waals surface area (Å²) in [5, 5.41) is 11.1. The van der Waals surface area contributed by atoms with Gasteiger partial charge in [-0.1, -0.05) is 0 Å². The Balaban J connectivity index is 2.36. The summed E-state index contributed by atoms with van der Waals surface area (Å²) in [5.74, 6) is 0.820. The number of aliphatic carboxylic acids is 1. The minimum Gasteiger partial charge on any atom is -0.480 e. The first-order chi connectivity index (χ1) is 6.61. The lowest BCUT2D eigenvalue weighted by atomic mass is 10.0. The Bertz CT molecular complexity index is 226. The first kappa shape index (κ1) is 11.4. The number of nitrogens with one attached hydrogen (secondary N) is 1. The fourth-order valence-corrected chi connectivity index (χ4v) is 2.48. The van der Waals surface area contributed by atoms with Crippen molar-refractivity contribution in [2.24, 2.45) is 5.92 Å². The van der Waals surface area contributed by atoms with Crippen molar-refractivity contribution in [3.8, 4) is 0 Å². The Kier molecular flexibility index (Phi) is 4.25. The predicted octanol–water partition coefficient (Wildman–Crippen LogP) is 0.719. The molecule has 0 aromatic rings. The van der Waals surface area contributed by atoms with Crippen LogP contribution in [0.5, 0.6) is 0 Å². The Labute approximate surface area is 87.4 Å². The maximum atomic E-state index is 11.5. The molecule has 1 fully saturated rings. The van der Waals surface area contributed by atoms with E-state index in [1.54, 1.807) is 11.8 Å². The largest absolute Gasteiger partial charge is 0.480 e. The van der Waals surface area contributed by atoms with Crippen LogP contribution in [0.3, 0.4) is 0 Å². The van der Waals surface area contributed by atoms with Gasteiger partial charge in [-0.3, -0.25) is 9.59 Å². The first-order valence-electron chi connectivity index (χ1n) is 4.72. The molecule has 80 valence electrons.